The molecule has 1 heterocycles. The highest BCUT2D eigenvalue weighted by molar-refractivity contribution is 6.31. The first-order chi connectivity index (χ1) is 14.5. The molecule has 0 amide bonds. The Morgan fingerprint density at radius 1 is 1.03 bits per heavy atom. The number of hydrogen-bond acceptors (Lipinski definition) is 5. The van der Waals surface area contributed by atoms with Crippen LogP contribution in [0.3, 0.4) is 0 Å². The van der Waals surface area contributed by atoms with Crippen molar-refractivity contribution in [3.8, 4) is 11.1 Å². The van der Waals surface area contributed by atoms with Gasteiger partial charge >= 0.3 is 0 Å². The summed E-state index contributed by atoms with van der Waals surface area (Å²) in [5.41, 5.74) is 7.36. The smallest absolute Gasteiger partial charge is 0.261 e. The SMILES string of the molecule is CC(=NNc1cc(-c2ccccc2)c2cc(Cl)ccc2n1)c1ccc([N+](=O)[O-])cc1. The fourth-order valence-electron chi connectivity index (χ4n) is 3.14. The molecular formula is C23H17ClN4O2. The number of anilines is 1. The normalized spacial score (nSPS) is 11.5. The maximum Gasteiger partial charge on any atom is 0.269 e. The average molecular weight is 417 g/mol. The molecule has 30 heavy (non-hydrogen) atoms. The molecule has 1 N–H and O–H groups in total. The summed E-state index contributed by atoms with van der Waals surface area (Å²) >= 11 is 6.21. The van der Waals surface area contributed by atoms with Gasteiger partial charge in [-0.3, -0.25) is 15.5 Å². The van der Waals surface area contributed by atoms with Gasteiger partial charge in [0.15, 0.2) is 0 Å². The van der Waals surface area contributed by atoms with E-state index < -0.39 is 4.92 Å². The Morgan fingerprint density at radius 2 is 1.77 bits per heavy atom. The number of nitrogens with zero attached hydrogens (tertiary/aromatic N) is 3. The van der Waals surface area contributed by atoms with Gasteiger partial charge in [0.1, 0.15) is 5.82 Å². The number of rotatable bonds is 5. The molecule has 0 fully saturated rings. The fourth-order valence-corrected chi connectivity index (χ4v) is 3.31. The predicted octanol–water partition coefficient (Wildman–Crippen LogP) is 6.30. The van der Waals surface area contributed by atoms with E-state index in [1.165, 1.54) is 12.1 Å². The first-order valence-corrected chi connectivity index (χ1v) is 9.60. The minimum absolute atomic E-state index is 0.0434. The molecule has 1 aromatic heterocycles. The summed E-state index contributed by atoms with van der Waals surface area (Å²) < 4.78 is 0. The van der Waals surface area contributed by atoms with Crippen molar-refractivity contribution in [1.29, 1.82) is 0 Å². The predicted molar refractivity (Wildman–Crippen MR) is 121 cm³/mol. The molecule has 7 heteroatoms. The number of hydrazone groups is 1. The second-order valence-electron chi connectivity index (χ2n) is 6.70. The van der Waals surface area contributed by atoms with Crippen molar-refractivity contribution >= 4 is 39.7 Å². The number of non-ortho nitro benzene ring substituents is 1. The van der Waals surface area contributed by atoms with Crippen molar-refractivity contribution < 1.29 is 4.92 Å². The summed E-state index contributed by atoms with van der Waals surface area (Å²) in [5.74, 6) is 0.588. The van der Waals surface area contributed by atoms with E-state index in [2.05, 4.69) is 15.5 Å². The monoisotopic (exact) mass is 416 g/mol. The number of fused-ring (bicyclic) bond motifs is 1. The van der Waals surface area contributed by atoms with Crippen molar-refractivity contribution in [1.82, 2.24) is 4.98 Å². The van der Waals surface area contributed by atoms with Crippen LogP contribution in [0.4, 0.5) is 11.5 Å². The van der Waals surface area contributed by atoms with Crippen LogP contribution in [-0.4, -0.2) is 15.6 Å². The van der Waals surface area contributed by atoms with E-state index in [1.807, 2.05) is 55.5 Å². The number of halogens is 1. The largest absolute Gasteiger partial charge is 0.269 e. The van der Waals surface area contributed by atoms with Gasteiger partial charge in [0.25, 0.3) is 5.69 Å². The zero-order valence-corrected chi connectivity index (χ0v) is 16.8. The molecule has 0 aliphatic carbocycles. The summed E-state index contributed by atoms with van der Waals surface area (Å²) in [4.78, 5) is 15.0. The van der Waals surface area contributed by atoms with Crippen LogP contribution in [-0.2, 0) is 0 Å². The van der Waals surface area contributed by atoms with Crippen LogP contribution in [0.15, 0.2) is 84.0 Å². The topological polar surface area (TPSA) is 80.4 Å². The van der Waals surface area contributed by atoms with Gasteiger partial charge in [0.2, 0.25) is 0 Å². The fraction of sp³-hybridized carbons (Fsp3) is 0.0435. The first-order valence-electron chi connectivity index (χ1n) is 9.22. The minimum Gasteiger partial charge on any atom is -0.261 e. The van der Waals surface area contributed by atoms with Crippen molar-refractivity contribution in [2.75, 3.05) is 5.43 Å². The molecule has 4 aromatic rings. The van der Waals surface area contributed by atoms with Gasteiger partial charge in [-0.2, -0.15) is 5.10 Å². The number of benzene rings is 3. The second kappa shape index (κ2) is 8.31. The maximum absolute atomic E-state index is 10.8. The van der Waals surface area contributed by atoms with Gasteiger partial charge in [-0.1, -0.05) is 41.9 Å². The molecule has 0 unspecified atom stereocenters. The molecule has 0 atom stereocenters. The van der Waals surface area contributed by atoms with Crippen molar-refractivity contribution in [2.45, 2.75) is 6.92 Å². The lowest BCUT2D eigenvalue weighted by atomic mass is 10.0. The number of nitro groups is 1. The summed E-state index contributed by atoms with van der Waals surface area (Å²) in [6.07, 6.45) is 0. The molecule has 4 rings (SSSR count). The molecule has 148 valence electrons. The van der Waals surface area contributed by atoms with Crippen LogP contribution in [0.2, 0.25) is 5.02 Å². The quantitative estimate of drug-likeness (QED) is 0.235. The lowest BCUT2D eigenvalue weighted by molar-refractivity contribution is -0.384. The van der Waals surface area contributed by atoms with Crippen LogP contribution < -0.4 is 5.43 Å². The van der Waals surface area contributed by atoms with Crippen LogP contribution in [0, 0.1) is 10.1 Å². The molecule has 0 saturated carbocycles. The van der Waals surface area contributed by atoms with Gasteiger partial charge < -0.3 is 0 Å². The van der Waals surface area contributed by atoms with Gasteiger partial charge in [-0.15, -0.1) is 0 Å². The summed E-state index contributed by atoms with van der Waals surface area (Å²) in [6, 6.07) is 23.8. The molecular weight excluding hydrogens is 400 g/mol. The number of nitrogens with one attached hydrogen (secondary N) is 1. The minimum atomic E-state index is -0.426. The molecule has 6 nitrogen and oxygen atoms in total. The zero-order valence-electron chi connectivity index (χ0n) is 16.0. The Bertz CT molecular complexity index is 1260. The highest BCUT2D eigenvalue weighted by atomic mass is 35.5. The van der Waals surface area contributed by atoms with Crippen molar-refractivity contribution in [3.05, 3.63) is 99.6 Å². The second-order valence-corrected chi connectivity index (χ2v) is 7.13. The third-order valence-electron chi connectivity index (χ3n) is 4.69. The van der Waals surface area contributed by atoms with Gasteiger partial charge in [-0.25, -0.2) is 4.98 Å². The highest BCUT2D eigenvalue weighted by Crippen LogP contribution is 2.32. The Kier molecular flexibility index (Phi) is 5.41. The number of nitro benzene ring substituents is 1. The zero-order chi connectivity index (χ0) is 21.1. The van der Waals surface area contributed by atoms with Gasteiger partial charge in [0, 0.05) is 22.5 Å². The lowest BCUT2D eigenvalue weighted by Gasteiger charge is -2.11. The van der Waals surface area contributed by atoms with E-state index in [0.717, 1.165) is 27.6 Å². The highest BCUT2D eigenvalue weighted by Gasteiger charge is 2.09. The molecule has 0 radical (unpaired) electrons. The Hall–Kier alpha value is -3.77. The third kappa shape index (κ3) is 4.14. The van der Waals surface area contributed by atoms with E-state index in [4.69, 9.17) is 11.6 Å². The third-order valence-corrected chi connectivity index (χ3v) is 4.92. The average Bonchev–Trinajstić information content (AvgIpc) is 2.77. The van der Waals surface area contributed by atoms with Gasteiger partial charge in [0.05, 0.1) is 16.2 Å². The Balaban J connectivity index is 1.70. The van der Waals surface area contributed by atoms with E-state index >= 15 is 0 Å². The molecule has 0 aliphatic rings. The summed E-state index contributed by atoms with van der Waals surface area (Å²) in [7, 11) is 0. The summed E-state index contributed by atoms with van der Waals surface area (Å²) in [6.45, 7) is 1.83. The molecule has 0 saturated heterocycles. The number of pyridine rings is 1. The van der Waals surface area contributed by atoms with E-state index in [9.17, 15) is 10.1 Å². The number of aromatic nitrogens is 1. The maximum atomic E-state index is 10.8. The summed E-state index contributed by atoms with van der Waals surface area (Å²) in [5, 5.41) is 16.8. The molecule has 0 aliphatic heterocycles. The molecule has 0 spiro atoms. The van der Waals surface area contributed by atoms with E-state index in [0.29, 0.717) is 16.6 Å². The van der Waals surface area contributed by atoms with Crippen LogP contribution in [0.25, 0.3) is 22.0 Å². The van der Waals surface area contributed by atoms with Gasteiger partial charge in [-0.05, 0) is 60.0 Å². The van der Waals surface area contributed by atoms with Crippen molar-refractivity contribution in [2.24, 2.45) is 5.10 Å². The molecule has 0 bridgehead atoms. The van der Waals surface area contributed by atoms with E-state index in [1.54, 1.807) is 18.2 Å². The first kappa shape index (κ1) is 19.5. The van der Waals surface area contributed by atoms with Crippen LogP contribution >= 0.6 is 11.6 Å². The van der Waals surface area contributed by atoms with Crippen molar-refractivity contribution in [3.63, 3.8) is 0 Å². The van der Waals surface area contributed by atoms with Crippen LogP contribution in [0.1, 0.15) is 12.5 Å². The Morgan fingerprint density at radius 3 is 2.47 bits per heavy atom. The molecule has 3 aromatic carbocycles. The number of hydrogen-bond donors (Lipinski definition) is 1. The van der Waals surface area contributed by atoms with Crippen LogP contribution in [0.5, 0.6) is 0 Å². The lowest BCUT2D eigenvalue weighted by Crippen LogP contribution is -2.01. The standard InChI is InChI=1S/C23H17ClN4O2/c1-15(16-7-10-19(11-8-16)28(29)30)26-27-23-14-20(17-5-3-2-4-6-17)21-13-18(24)9-12-22(21)25-23/h2-14H,1H3,(H,25,27). The Labute approximate surface area is 178 Å². The van der Waals surface area contributed by atoms with E-state index in [-0.39, 0.29) is 5.69 Å².